The Morgan fingerprint density at radius 1 is 1.29 bits per heavy atom. The van der Waals surface area contributed by atoms with E-state index in [-0.39, 0.29) is 5.91 Å². The molecule has 0 bridgehead atoms. The van der Waals surface area contributed by atoms with E-state index in [1.54, 1.807) is 6.07 Å². The standard InChI is InChI=1S/C17H30N2O2/c1-7-19(8-2)15(9-12(3)4)11-18-17(20)16-10-13(5)21-14(16)6/h10,12,15H,7-9,11H2,1-6H3,(H,18,20). The summed E-state index contributed by atoms with van der Waals surface area (Å²) >= 11 is 0. The quantitative estimate of drug-likeness (QED) is 0.799. The van der Waals surface area contributed by atoms with Crippen LogP contribution in [-0.2, 0) is 0 Å². The van der Waals surface area contributed by atoms with Crippen LogP contribution in [0, 0.1) is 19.8 Å². The summed E-state index contributed by atoms with van der Waals surface area (Å²) in [6.07, 6.45) is 1.09. The second kappa shape index (κ2) is 8.23. The molecule has 1 heterocycles. The van der Waals surface area contributed by atoms with E-state index in [1.165, 1.54) is 0 Å². The van der Waals surface area contributed by atoms with E-state index in [0.29, 0.717) is 29.8 Å². The van der Waals surface area contributed by atoms with Crippen molar-refractivity contribution in [1.82, 2.24) is 10.2 Å². The Balaban J connectivity index is 2.67. The predicted octanol–water partition coefficient (Wildman–Crippen LogP) is 3.38. The molecule has 1 aromatic heterocycles. The Labute approximate surface area is 128 Å². The van der Waals surface area contributed by atoms with Crippen LogP contribution in [0.2, 0.25) is 0 Å². The second-order valence-corrected chi connectivity index (χ2v) is 6.04. The van der Waals surface area contributed by atoms with Crippen LogP contribution >= 0.6 is 0 Å². The maximum absolute atomic E-state index is 12.3. The number of likely N-dealkylation sites (N-methyl/N-ethyl adjacent to an activating group) is 1. The smallest absolute Gasteiger partial charge is 0.254 e. The molecule has 0 radical (unpaired) electrons. The summed E-state index contributed by atoms with van der Waals surface area (Å²) in [6, 6.07) is 2.19. The van der Waals surface area contributed by atoms with E-state index in [0.717, 1.165) is 25.3 Å². The highest BCUT2D eigenvalue weighted by atomic mass is 16.3. The van der Waals surface area contributed by atoms with Gasteiger partial charge in [-0.15, -0.1) is 0 Å². The lowest BCUT2D eigenvalue weighted by Crippen LogP contribution is -2.44. The van der Waals surface area contributed by atoms with Crippen molar-refractivity contribution in [2.75, 3.05) is 19.6 Å². The number of nitrogens with zero attached hydrogens (tertiary/aromatic N) is 1. The second-order valence-electron chi connectivity index (χ2n) is 6.04. The molecule has 0 aliphatic carbocycles. The molecule has 1 N–H and O–H groups in total. The Hall–Kier alpha value is -1.29. The lowest BCUT2D eigenvalue weighted by molar-refractivity contribution is 0.0927. The summed E-state index contributed by atoms with van der Waals surface area (Å²) in [5, 5.41) is 3.07. The van der Waals surface area contributed by atoms with E-state index < -0.39 is 0 Å². The number of aryl methyl sites for hydroxylation is 2. The molecule has 0 aliphatic heterocycles. The zero-order valence-corrected chi connectivity index (χ0v) is 14.3. The zero-order valence-electron chi connectivity index (χ0n) is 14.3. The third kappa shape index (κ3) is 5.20. The van der Waals surface area contributed by atoms with Crippen LogP contribution in [0.3, 0.4) is 0 Å². The van der Waals surface area contributed by atoms with E-state index >= 15 is 0 Å². The van der Waals surface area contributed by atoms with Gasteiger partial charge in [-0.05, 0) is 45.3 Å². The van der Waals surface area contributed by atoms with Crippen LogP contribution in [0.25, 0.3) is 0 Å². The molecule has 4 heteroatoms. The summed E-state index contributed by atoms with van der Waals surface area (Å²) in [6.45, 7) is 15.2. The first-order valence-corrected chi connectivity index (χ1v) is 7.98. The minimum absolute atomic E-state index is 0.0368. The van der Waals surface area contributed by atoms with Crippen LogP contribution in [-0.4, -0.2) is 36.5 Å². The number of rotatable bonds is 8. The summed E-state index contributed by atoms with van der Waals surface area (Å²) in [5.41, 5.74) is 0.648. The molecule has 4 nitrogen and oxygen atoms in total. The summed E-state index contributed by atoms with van der Waals surface area (Å²) in [7, 11) is 0. The molecule has 0 aliphatic rings. The Bertz CT molecular complexity index is 448. The van der Waals surface area contributed by atoms with Crippen LogP contribution in [0.15, 0.2) is 10.5 Å². The fraction of sp³-hybridized carbons (Fsp3) is 0.706. The number of carbonyl (C=O) groups is 1. The third-order valence-corrected chi connectivity index (χ3v) is 3.86. The van der Waals surface area contributed by atoms with Gasteiger partial charge in [-0.25, -0.2) is 0 Å². The van der Waals surface area contributed by atoms with Crippen LogP contribution < -0.4 is 5.32 Å². The Kier molecular flexibility index (Phi) is 6.96. The minimum Gasteiger partial charge on any atom is -0.466 e. The van der Waals surface area contributed by atoms with Gasteiger partial charge in [-0.1, -0.05) is 27.7 Å². The molecule has 21 heavy (non-hydrogen) atoms. The average Bonchev–Trinajstić information content (AvgIpc) is 2.75. The zero-order chi connectivity index (χ0) is 16.0. The van der Waals surface area contributed by atoms with Gasteiger partial charge in [0.05, 0.1) is 5.56 Å². The lowest BCUT2D eigenvalue weighted by Gasteiger charge is -2.31. The lowest BCUT2D eigenvalue weighted by atomic mass is 10.0. The number of amides is 1. The molecule has 1 atom stereocenters. The SMILES string of the molecule is CCN(CC)C(CNC(=O)c1cc(C)oc1C)CC(C)C. The molecule has 1 unspecified atom stereocenters. The van der Waals surface area contributed by atoms with Gasteiger partial charge < -0.3 is 9.73 Å². The van der Waals surface area contributed by atoms with Crippen molar-refractivity contribution in [3.05, 3.63) is 23.2 Å². The molecule has 0 fully saturated rings. The minimum atomic E-state index is -0.0368. The number of nitrogens with one attached hydrogen (secondary N) is 1. The van der Waals surface area contributed by atoms with Gasteiger partial charge >= 0.3 is 0 Å². The van der Waals surface area contributed by atoms with Gasteiger partial charge in [0.25, 0.3) is 5.91 Å². The first-order valence-electron chi connectivity index (χ1n) is 7.98. The highest BCUT2D eigenvalue weighted by Gasteiger charge is 2.19. The van der Waals surface area contributed by atoms with E-state index in [9.17, 15) is 4.79 Å². The molecule has 0 saturated carbocycles. The van der Waals surface area contributed by atoms with Gasteiger partial charge in [0, 0.05) is 12.6 Å². The first-order chi connectivity index (χ1) is 9.88. The van der Waals surface area contributed by atoms with Gasteiger partial charge in [0.1, 0.15) is 11.5 Å². The average molecular weight is 294 g/mol. The topological polar surface area (TPSA) is 45.5 Å². The molecular weight excluding hydrogens is 264 g/mol. The van der Waals surface area contributed by atoms with Crippen molar-refractivity contribution >= 4 is 5.91 Å². The molecular formula is C17H30N2O2. The number of hydrogen-bond donors (Lipinski definition) is 1. The number of carbonyl (C=O) groups excluding carboxylic acids is 1. The van der Waals surface area contributed by atoms with Gasteiger partial charge in [0.2, 0.25) is 0 Å². The Morgan fingerprint density at radius 3 is 2.33 bits per heavy atom. The normalized spacial score (nSPS) is 13.0. The van der Waals surface area contributed by atoms with Crippen molar-refractivity contribution in [3.63, 3.8) is 0 Å². The molecule has 1 aromatic rings. The van der Waals surface area contributed by atoms with Gasteiger partial charge in [0.15, 0.2) is 0 Å². The first kappa shape index (κ1) is 17.8. The molecule has 1 amide bonds. The van der Waals surface area contributed by atoms with Gasteiger partial charge in [-0.3, -0.25) is 9.69 Å². The highest BCUT2D eigenvalue weighted by molar-refractivity contribution is 5.95. The molecule has 0 spiro atoms. The van der Waals surface area contributed by atoms with Crippen molar-refractivity contribution in [1.29, 1.82) is 0 Å². The van der Waals surface area contributed by atoms with Crippen LogP contribution in [0.4, 0.5) is 0 Å². The maximum Gasteiger partial charge on any atom is 0.254 e. The molecule has 1 rings (SSSR count). The maximum atomic E-state index is 12.3. The summed E-state index contributed by atoms with van der Waals surface area (Å²) in [5.74, 6) is 2.05. The fourth-order valence-electron chi connectivity index (χ4n) is 2.81. The summed E-state index contributed by atoms with van der Waals surface area (Å²) in [4.78, 5) is 14.7. The summed E-state index contributed by atoms with van der Waals surface area (Å²) < 4.78 is 5.43. The molecule has 0 aromatic carbocycles. The number of furan rings is 1. The number of hydrogen-bond acceptors (Lipinski definition) is 3. The van der Waals surface area contributed by atoms with E-state index in [4.69, 9.17) is 4.42 Å². The predicted molar refractivity (Wildman–Crippen MR) is 86.7 cm³/mol. The molecule has 120 valence electrons. The fourth-order valence-corrected chi connectivity index (χ4v) is 2.81. The van der Waals surface area contributed by atoms with E-state index in [2.05, 4.69) is 37.9 Å². The van der Waals surface area contributed by atoms with E-state index in [1.807, 2.05) is 13.8 Å². The van der Waals surface area contributed by atoms with Crippen molar-refractivity contribution in [2.24, 2.45) is 5.92 Å². The van der Waals surface area contributed by atoms with Gasteiger partial charge in [-0.2, -0.15) is 0 Å². The monoisotopic (exact) mass is 294 g/mol. The van der Waals surface area contributed by atoms with Crippen molar-refractivity contribution in [3.8, 4) is 0 Å². The molecule has 0 saturated heterocycles. The third-order valence-electron chi connectivity index (χ3n) is 3.86. The van der Waals surface area contributed by atoms with Crippen LogP contribution in [0.1, 0.15) is 56.0 Å². The largest absolute Gasteiger partial charge is 0.466 e. The van der Waals surface area contributed by atoms with Crippen LogP contribution in [0.5, 0.6) is 0 Å². The van der Waals surface area contributed by atoms with Crippen molar-refractivity contribution in [2.45, 2.75) is 54.0 Å². The van der Waals surface area contributed by atoms with Crippen molar-refractivity contribution < 1.29 is 9.21 Å². The Morgan fingerprint density at radius 2 is 1.90 bits per heavy atom. The highest BCUT2D eigenvalue weighted by Crippen LogP contribution is 2.14.